The Balaban J connectivity index is -0.000000128. The van der Waals surface area contributed by atoms with Gasteiger partial charge in [0.25, 0.3) is 5.56 Å². The maximum Gasteiger partial charge on any atom is 0.251 e. The van der Waals surface area contributed by atoms with Crippen LogP contribution in [0.4, 0.5) is 0 Å². The third kappa shape index (κ3) is 8.73. The summed E-state index contributed by atoms with van der Waals surface area (Å²) in [5, 5.41) is 0. The molecule has 1 aromatic rings. The molecule has 0 saturated carbocycles. The Morgan fingerprint density at radius 2 is 1.47 bits per heavy atom. The molecule has 0 unspecified atom stereocenters. The van der Waals surface area contributed by atoms with Crippen LogP contribution in [0.5, 0.6) is 0 Å². The summed E-state index contributed by atoms with van der Waals surface area (Å²) in [7, 11) is 0. The molecule has 0 aliphatic heterocycles. The van der Waals surface area contributed by atoms with Gasteiger partial charge in [-0.2, -0.15) is 0 Å². The number of hydrogen-bond acceptors (Lipinski definition) is 1. The van der Waals surface area contributed by atoms with Gasteiger partial charge >= 0.3 is 0 Å². The van der Waals surface area contributed by atoms with Gasteiger partial charge in [0.2, 0.25) is 0 Å². The quantitative estimate of drug-likeness (QED) is 0.826. The third-order valence-electron chi connectivity index (χ3n) is 2.14. The van der Waals surface area contributed by atoms with E-state index in [0.717, 1.165) is 17.5 Å². The minimum atomic E-state index is 0. The maximum absolute atomic E-state index is 11.1. The zero-order chi connectivity index (χ0) is 12.4. The van der Waals surface area contributed by atoms with Crippen LogP contribution in [0, 0.1) is 13.8 Å². The number of nitrogens with one attached hydrogen (secondary N) is 1. The van der Waals surface area contributed by atoms with Crippen molar-refractivity contribution in [3.05, 3.63) is 33.2 Å². The minimum absolute atomic E-state index is 0. The van der Waals surface area contributed by atoms with E-state index in [9.17, 15) is 4.79 Å². The number of aryl methyl sites for hydroxylation is 1. The summed E-state index contributed by atoms with van der Waals surface area (Å²) in [5.74, 6) is 0. The van der Waals surface area contributed by atoms with E-state index in [1.54, 1.807) is 6.20 Å². The smallest absolute Gasteiger partial charge is 0.251 e. The molecule has 0 spiro atoms. The maximum atomic E-state index is 11.1. The molecule has 1 aromatic heterocycles. The van der Waals surface area contributed by atoms with Crippen molar-refractivity contribution in [1.82, 2.24) is 4.98 Å². The standard InChI is InChI=1S/C9H13NO.2C2H6.CH4.Y/c1-4-8-5-10-9(11)7(3)6(8)2;2*1-2;;/h5H,4H2,1-3H3,(H,10,11);2*1-2H3;1H4;. The van der Waals surface area contributed by atoms with Crippen LogP contribution in [0.15, 0.2) is 11.0 Å². The fraction of sp³-hybridized carbons (Fsp3) is 0.643. The van der Waals surface area contributed by atoms with Crippen LogP contribution < -0.4 is 5.56 Å². The third-order valence-corrected chi connectivity index (χ3v) is 2.14. The SMILES string of the molecule is C.CC.CC.CCc1c[nH]c(=O)c(C)c1C.[Y]. The zero-order valence-electron chi connectivity index (χ0n) is 11.8. The first-order valence-corrected chi connectivity index (χ1v) is 5.84. The molecule has 1 rings (SSSR count). The van der Waals surface area contributed by atoms with E-state index in [0.29, 0.717) is 0 Å². The summed E-state index contributed by atoms with van der Waals surface area (Å²) in [6.07, 6.45) is 2.77. The van der Waals surface area contributed by atoms with Crippen LogP contribution in [-0.2, 0) is 39.1 Å². The van der Waals surface area contributed by atoms with E-state index >= 15 is 0 Å². The van der Waals surface area contributed by atoms with Crippen molar-refractivity contribution in [2.75, 3.05) is 0 Å². The topological polar surface area (TPSA) is 32.9 Å². The summed E-state index contributed by atoms with van der Waals surface area (Å²) in [6, 6.07) is 0. The molecule has 17 heavy (non-hydrogen) atoms. The molecule has 0 bridgehead atoms. The number of aromatic amines is 1. The molecule has 0 amide bonds. The van der Waals surface area contributed by atoms with Gasteiger partial charge in [0.1, 0.15) is 0 Å². The van der Waals surface area contributed by atoms with Gasteiger partial charge in [-0.15, -0.1) is 0 Å². The molecular formula is C14H29NOY. The molecule has 0 aromatic carbocycles. The van der Waals surface area contributed by atoms with Crippen molar-refractivity contribution in [2.45, 2.75) is 62.3 Å². The minimum Gasteiger partial charge on any atom is -0.329 e. The van der Waals surface area contributed by atoms with Crippen molar-refractivity contribution in [3.63, 3.8) is 0 Å². The van der Waals surface area contributed by atoms with Crippen molar-refractivity contribution >= 4 is 0 Å². The first-order valence-electron chi connectivity index (χ1n) is 5.84. The number of aromatic nitrogens is 1. The van der Waals surface area contributed by atoms with Gasteiger partial charge in [0.05, 0.1) is 0 Å². The van der Waals surface area contributed by atoms with Gasteiger partial charge in [0, 0.05) is 44.5 Å². The van der Waals surface area contributed by atoms with Gasteiger partial charge in [-0.05, 0) is 31.4 Å². The van der Waals surface area contributed by atoms with Crippen molar-refractivity contribution in [1.29, 1.82) is 0 Å². The molecule has 3 heteroatoms. The normalized spacial score (nSPS) is 7.24. The second-order valence-electron chi connectivity index (χ2n) is 2.75. The Morgan fingerprint density at radius 3 is 1.82 bits per heavy atom. The van der Waals surface area contributed by atoms with E-state index in [4.69, 9.17) is 0 Å². The van der Waals surface area contributed by atoms with Crippen LogP contribution in [0.25, 0.3) is 0 Å². The molecule has 1 radical (unpaired) electrons. The molecule has 0 fully saturated rings. The summed E-state index contributed by atoms with van der Waals surface area (Å²) >= 11 is 0. The van der Waals surface area contributed by atoms with Crippen LogP contribution in [-0.4, -0.2) is 4.98 Å². The Morgan fingerprint density at radius 1 is 1.06 bits per heavy atom. The van der Waals surface area contributed by atoms with Crippen LogP contribution in [0.3, 0.4) is 0 Å². The Kier molecular flexibility index (Phi) is 24.4. The van der Waals surface area contributed by atoms with Crippen LogP contribution in [0.2, 0.25) is 0 Å². The number of pyridine rings is 1. The summed E-state index contributed by atoms with van der Waals surface area (Å²) < 4.78 is 0. The molecule has 0 atom stereocenters. The number of rotatable bonds is 1. The van der Waals surface area contributed by atoms with Crippen molar-refractivity contribution < 1.29 is 32.7 Å². The van der Waals surface area contributed by atoms with E-state index < -0.39 is 0 Å². The molecule has 0 aliphatic carbocycles. The number of H-pyrrole nitrogens is 1. The summed E-state index contributed by atoms with van der Waals surface area (Å²) in [4.78, 5) is 13.8. The summed E-state index contributed by atoms with van der Waals surface area (Å²) in [5.41, 5.74) is 3.21. The zero-order valence-corrected chi connectivity index (χ0v) is 14.6. The molecule has 0 saturated heterocycles. The van der Waals surface area contributed by atoms with Crippen molar-refractivity contribution in [2.24, 2.45) is 0 Å². The molecule has 0 aliphatic rings. The van der Waals surface area contributed by atoms with Gasteiger partial charge < -0.3 is 4.98 Å². The molecule has 99 valence electrons. The monoisotopic (exact) mass is 316 g/mol. The van der Waals surface area contributed by atoms with Crippen LogP contribution in [0.1, 0.15) is 58.7 Å². The van der Waals surface area contributed by atoms with Gasteiger partial charge in [-0.1, -0.05) is 42.0 Å². The van der Waals surface area contributed by atoms with Gasteiger partial charge in [0.15, 0.2) is 0 Å². The second-order valence-corrected chi connectivity index (χ2v) is 2.75. The molecule has 2 nitrogen and oxygen atoms in total. The van der Waals surface area contributed by atoms with Crippen molar-refractivity contribution in [3.8, 4) is 0 Å². The average molecular weight is 316 g/mol. The second kappa shape index (κ2) is 16.1. The van der Waals surface area contributed by atoms with Gasteiger partial charge in [-0.25, -0.2) is 0 Å². The van der Waals surface area contributed by atoms with E-state index in [1.807, 2.05) is 41.5 Å². The fourth-order valence-electron chi connectivity index (χ4n) is 1.15. The predicted octanol–water partition coefficient (Wildman–Crippen LogP) is 4.24. The first-order chi connectivity index (χ1) is 7.16. The largest absolute Gasteiger partial charge is 0.329 e. The number of hydrogen-bond donors (Lipinski definition) is 1. The van der Waals surface area contributed by atoms with Gasteiger partial charge in [-0.3, -0.25) is 4.79 Å². The molecular weight excluding hydrogens is 287 g/mol. The Hall–Kier alpha value is 0.0539. The Labute approximate surface area is 132 Å². The summed E-state index contributed by atoms with van der Waals surface area (Å²) in [6.45, 7) is 13.9. The van der Waals surface area contributed by atoms with E-state index in [-0.39, 0.29) is 45.7 Å². The molecule has 1 N–H and O–H groups in total. The first kappa shape index (κ1) is 25.8. The predicted molar refractivity (Wildman–Crippen MR) is 75.3 cm³/mol. The van der Waals surface area contributed by atoms with Crippen LogP contribution >= 0.6 is 0 Å². The fourth-order valence-corrected chi connectivity index (χ4v) is 1.15. The van der Waals surface area contributed by atoms with E-state index in [1.165, 1.54) is 5.56 Å². The Bertz CT molecular complexity index is 318. The average Bonchev–Trinajstić information content (AvgIpc) is 2.32. The molecule has 1 heterocycles. The van der Waals surface area contributed by atoms with E-state index in [2.05, 4.69) is 11.9 Å².